The van der Waals surface area contributed by atoms with Crippen LogP contribution in [0.1, 0.15) is 45.6 Å². The summed E-state index contributed by atoms with van der Waals surface area (Å²) in [6.07, 6.45) is 3.73. The molecule has 1 atom stereocenters. The number of H-pyrrole nitrogens is 1. The van der Waals surface area contributed by atoms with Gasteiger partial charge in [0.15, 0.2) is 5.78 Å². The molecule has 1 heterocycles. The maximum atomic E-state index is 12.5. The smallest absolute Gasteiger partial charge is 0.269 e. The summed E-state index contributed by atoms with van der Waals surface area (Å²) in [5.41, 5.74) is 2.02. The minimum atomic E-state index is -0.648. The Bertz CT molecular complexity index is 792. The summed E-state index contributed by atoms with van der Waals surface area (Å²) in [6, 6.07) is 7.20. The van der Waals surface area contributed by atoms with Crippen molar-refractivity contribution in [3.8, 4) is 0 Å². The van der Waals surface area contributed by atoms with Crippen LogP contribution in [0.15, 0.2) is 35.6 Å². The molecular weight excluding hydrogens is 330 g/mol. The van der Waals surface area contributed by atoms with Crippen molar-refractivity contribution in [2.45, 2.75) is 52.5 Å². The monoisotopic (exact) mass is 357 g/mol. The predicted octanol–water partition coefficient (Wildman–Crippen LogP) is 3.44. The number of hydrogen-bond donors (Lipinski definition) is 3. The van der Waals surface area contributed by atoms with Crippen LogP contribution < -0.4 is 5.32 Å². The van der Waals surface area contributed by atoms with Crippen LogP contribution in [0.25, 0.3) is 10.9 Å². The molecule has 0 aliphatic rings. The number of oxime groups is 1. The molecule has 2 aromatic rings. The number of benzene rings is 1. The van der Waals surface area contributed by atoms with E-state index in [0.29, 0.717) is 25.7 Å². The number of carbonyl (C=O) groups excluding carboxylic acids is 2. The van der Waals surface area contributed by atoms with Gasteiger partial charge in [0.1, 0.15) is 5.71 Å². The molecule has 0 radical (unpaired) electrons. The molecule has 0 aliphatic heterocycles. The van der Waals surface area contributed by atoms with E-state index in [2.05, 4.69) is 15.5 Å². The van der Waals surface area contributed by atoms with Crippen molar-refractivity contribution in [3.05, 3.63) is 36.0 Å². The lowest BCUT2D eigenvalue weighted by atomic mass is 9.98. The summed E-state index contributed by atoms with van der Waals surface area (Å²) in [7, 11) is 0. The van der Waals surface area contributed by atoms with Gasteiger partial charge in [0.05, 0.1) is 6.04 Å². The lowest BCUT2D eigenvalue weighted by Gasteiger charge is -2.18. The second kappa shape index (κ2) is 9.17. The second-order valence-corrected chi connectivity index (χ2v) is 6.95. The highest BCUT2D eigenvalue weighted by atomic mass is 16.4. The van der Waals surface area contributed by atoms with Crippen molar-refractivity contribution in [2.75, 3.05) is 0 Å². The Labute approximate surface area is 153 Å². The molecule has 2 rings (SSSR count). The zero-order valence-electron chi connectivity index (χ0n) is 15.6. The third kappa shape index (κ3) is 4.94. The summed E-state index contributed by atoms with van der Waals surface area (Å²) in [5.74, 6) is -0.339. The number of nitrogens with one attached hydrogen (secondary N) is 2. The number of aromatic amines is 1. The number of fused-ring (bicyclic) bond motifs is 1. The molecule has 0 saturated carbocycles. The number of Topliss-reactive ketones (excluding diaryl/α,β-unsaturated/α-hetero) is 1. The highest BCUT2D eigenvalue weighted by Gasteiger charge is 2.24. The van der Waals surface area contributed by atoms with E-state index in [9.17, 15) is 9.59 Å². The van der Waals surface area contributed by atoms with Gasteiger partial charge in [-0.25, -0.2) is 0 Å². The van der Waals surface area contributed by atoms with Crippen molar-refractivity contribution in [2.24, 2.45) is 11.1 Å². The molecule has 6 nitrogen and oxygen atoms in total. The number of ketones is 1. The number of nitrogens with zero attached hydrogens (tertiary/aromatic N) is 1. The molecule has 1 aromatic heterocycles. The van der Waals surface area contributed by atoms with Gasteiger partial charge >= 0.3 is 0 Å². The van der Waals surface area contributed by atoms with E-state index in [1.54, 1.807) is 0 Å². The van der Waals surface area contributed by atoms with Gasteiger partial charge in [0.25, 0.3) is 5.91 Å². The first-order valence-electron chi connectivity index (χ1n) is 9.05. The van der Waals surface area contributed by atoms with Gasteiger partial charge in [-0.15, -0.1) is 0 Å². The van der Waals surface area contributed by atoms with Crippen molar-refractivity contribution in [1.29, 1.82) is 0 Å². The first-order valence-corrected chi connectivity index (χ1v) is 9.05. The Hall–Kier alpha value is -2.63. The Morgan fingerprint density at radius 3 is 2.65 bits per heavy atom. The highest BCUT2D eigenvalue weighted by Crippen LogP contribution is 2.20. The van der Waals surface area contributed by atoms with E-state index in [4.69, 9.17) is 5.21 Å². The molecule has 1 amide bonds. The van der Waals surface area contributed by atoms with Crippen LogP contribution in [0.5, 0.6) is 0 Å². The first-order chi connectivity index (χ1) is 12.5. The third-order valence-electron chi connectivity index (χ3n) is 4.27. The molecule has 0 fully saturated rings. The summed E-state index contributed by atoms with van der Waals surface area (Å²) in [4.78, 5) is 28.2. The zero-order valence-corrected chi connectivity index (χ0v) is 15.6. The molecule has 0 saturated heterocycles. The summed E-state index contributed by atoms with van der Waals surface area (Å²) in [5, 5.41) is 16.1. The maximum absolute atomic E-state index is 12.5. The number of para-hydroxylation sites is 1. The number of amides is 1. The Morgan fingerprint density at radius 1 is 1.27 bits per heavy atom. The Morgan fingerprint density at radius 2 is 2.00 bits per heavy atom. The normalized spacial score (nSPS) is 13.2. The predicted molar refractivity (Wildman–Crippen MR) is 103 cm³/mol. The number of carbonyl (C=O) groups is 2. The topological polar surface area (TPSA) is 94.5 Å². The first kappa shape index (κ1) is 19.7. The van der Waals surface area contributed by atoms with E-state index in [-0.39, 0.29) is 17.4 Å². The highest BCUT2D eigenvalue weighted by molar-refractivity contribution is 6.39. The van der Waals surface area contributed by atoms with Gasteiger partial charge in [-0.3, -0.25) is 9.59 Å². The van der Waals surface area contributed by atoms with Crippen molar-refractivity contribution in [3.63, 3.8) is 0 Å². The van der Waals surface area contributed by atoms with E-state index in [1.165, 1.54) is 0 Å². The molecule has 26 heavy (non-hydrogen) atoms. The Kier molecular flexibility index (Phi) is 6.95. The van der Waals surface area contributed by atoms with Crippen molar-refractivity contribution >= 4 is 28.3 Å². The average Bonchev–Trinajstić information content (AvgIpc) is 3.02. The van der Waals surface area contributed by atoms with E-state index < -0.39 is 11.9 Å². The second-order valence-electron chi connectivity index (χ2n) is 6.95. The molecule has 140 valence electrons. The molecular formula is C20H27N3O3. The summed E-state index contributed by atoms with van der Waals surface area (Å²) < 4.78 is 0. The number of hydrogen-bond acceptors (Lipinski definition) is 4. The van der Waals surface area contributed by atoms with Crippen LogP contribution in [0.4, 0.5) is 0 Å². The standard InChI is InChI=1S/C20H27N3O3/c1-4-7-19(24)17(22-20(25)18(23-26)10-13(2)3)11-14-12-21-16-9-6-5-8-15(14)16/h5-6,8-9,12-13,17,21,26H,4,7,10-11H2,1-3H3,(H,22,25). The van der Waals surface area contributed by atoms with Crippen molar-refractivity contribution < 1.29 is 14.8 Å². The molecule has 0 aliphatic carbocycles. The number of rotatable bonds is 9. The minimum absolute atomic E-state index is 0.0204. The van der Waals surface area contributed by atoms with Gasteiger partial charge in [-0.05, 0) is 24.0 Å². The molecule has 1 aromatic carbocycles. The molecule has 3 N–H and O–H groups in total. The van der Waals surface area contributed by atoms with Crippen LogP contribution in [0, 0.1) is 5.92 Å². The van der Waals surface area contributed by atoms with Crippen LogP contribution in [0.2, 0.25) is 0 Å². The fraction of sp³-hybridized carbons (Fsp3) is 0.450. The lowest BCUT2D eigenvalue weighted by Crippen LogP contribution is -2.45. The molecule has 0 spiro atoms. The molecule has 6 heteroatoms. The fourth-order valence-electron chi connectivity index (χ4n) is 2.99. The van der Waals surface area contributed by atoms with E-state index in [1.807, 2.05) is 51.2 Å². The third-order valence-corrected chi connectivity index (χ3v) is 4.27. The van der Waals surface area contributed by atoms with Gasteiger partial charge in [-0.2, -0.15) is 0 Å². The van der Waals surface area contributed by atoms with Crippen molar-refractivity contribution in [1.82, 2.24) is 10.3 Å². The van der Waals surface area contributed by atoms with Gasteiger partial charge in [0, 0.05) is 36.4 Å². The van der Waals surface area contributed by atoms with Gasteiger partial charge in [0.2, 0.25) is 0 Å². The van der Waals surface area contributed by atoms with E-state index in [0.717, 1.165) is 16.5 Å². The van der Waals surface area contributed by atoms with Crippen LogP contribution in [-0.4, -0.2) is 33.6 Å². The van der Waals surface area contributed by atoms with Crippen LogP contribution >= 0.6 is 0 Å². The number of aromatic nitrogens is 1. The molecule has 0 bridgehead atoms. The van der Waals surface area contributed by atoms with Crippen LogP contribution in [0.3, 0.4) is 0 Å². The average molecular weight is 357 g/mol. The van der Waals surface area contributed by atoms with Gasteiger partial charge < -0.3 is 15.5 Å². The van der Waals surface area contributed by atoms with E-state index >= 15 is 0 Å². The largest absolute Gasteiger partial charge is 0.410 e. The lowest BCUT2D eigenvalue weighted by molar-refractivity contribution is -0.125. The SMILES string of the molecule is CCCC(=O)C(Cc1c[nH]c2ccccc12)NC(=O)C(CC(C)C)=NO. The zero-order chi connectivity index (χ0) is 19.1. The molecule has 1 unspecified atom stereocenters. The summed E-state index contributed by atoms with van der Waals surface area (Å²) in [6.45, 7) is 5.80. The maximum Gasteiger partial charge on any atom is 0.269 e. The quantitative estimate of drug-likeness (QED) is 0.364. The van der Waals surface area contributed by atoms with Gasteiger partial charge in [-0.1, -0.05) is 44.1 Å². The summed E-state index contributed by atoms with van der Waals surface area (Å²) >= 11 is 0. The Balaban J connectivity index is 2.21. The van der Waals surface area contributed by atoms with Crippen LogP contribution in [-0.2, 0) is 16.0 Å². The minimum Gasteiger partial charge on any atom is -0.410 e. The fourth-order valence-corrected chi connectivity index (χ4v) is 2.99.